The van der Waals surface area contributed by atoms with Gasteiger partial charge >= 0.3 is 11.4 Å². The molecule has 0 amide bonds. The van der Waals surface area contributed by atoms with Gasteiger partial charge in [0.15, 0.2) is 0 Å². The maximum atomic E-state index is 11.2. The first-order valence-electron chi connectivity index (χ1n) is 5.50. The van der Waals surface area contributed by atoms with Crippen LogP contribution in [0.4, 0.5) is 11.4 Å². The smallest absolute Gasteiger partial charge is 0.258 e. The van der Waals surface area contributed by atoms with E-state index in [1.807, 2.05) is 0 Å². The monoisotopic (exact) mass is 290 g/mol. The third-order valence-corrected chi connectivity index (χ3v) is 2.62. The van der Waals surface area contributed by atoms with Crippen molar-refractivity contribution in [2.75, 3.05) is 0 Å². The van der Waals surface area contributed by atoms with Gasteiger partial charge in [-0.3, -0.25) is 25.3 Å². The third kappa shape index (κ3) is 1.99. The van der Waals surface area contributed by atoms with Crippen molar-refractivity contribution in [1.29, 1.82) is 0 Å². The molecule has 1 N–H and O–H groups in total. The summed E-state index contributed by atoms with van der Waals surface area (Å²) >= 11 is 0. The normalized spacial score (nSPS) is 10.7. The number of H-pyrrole nitrogens is 1. The molecule has 0 fully saturated rings. The highest BCUT2D eigenvalue weighted by Crippen LogP contribution is 2.27. The fraction of sp³-hybridized carbons (Fsp3) is 0. The lowest BCUT2D eigenvalue weighted by molar-refractivity contribution is -0.385. The van der Waals surface area contributed by atoms with Crippen molar-refractivity contribution >= 4 is 11.4 Å². The van der Waals surface area contributed by atoms with Gasteiger partial charge in [0, 0.05) is 12.4 Å². The van der Waals surface area contributed by atoms with Crippen LogP contribution in [0.1, 0.15) is 0 Å². The number of hydrogen-bond acceptors (Lipinski definition) is 7. The molecule has 0 atom stereocenters. The number of nitro groups is 2. The van der Waals surface area contributed by atoms with Gasteiger partial charge < -0.3 is 0 Å². The molecule has 0 aliphatic rings. The molecule has 21 heavy (non-hydrogen) atoms. The molecule has 106 valence electrons. The third-order valence-electron chi connectivity index (χ3n) is 2.62. The summed E-state index contributed by atoms with van der Waals surface area (Å²) < 4.78 is 2.19. The van der Waals surface area contributed by atoms with Crippen molar-refractivity contribution in [2.45, 2.75) is 0 Å². The quantitative estimate of drug-likeness (QED) is 0.545. The Morgan fingerprint density at radius 2 is 1.95 bits per heavy atom. The van der Waals surface area contributed by atoms with Crippen molar-refractivity contribution in [3.8, 4) is 11.6 Å². The van der Waals surface area contributed by atoms with E-state index >= 15 is 0 Å². The fourth-order valence-corrected chi connectivity index (χ4v) is 1.73. The molecule has 3 aromatic rings. The van der Waals surface area contributed by atoms with Gasteiger partial charge in [-0.1, -0.05) is 0 Å². The maximum Gasteiger partial charge on any atom is 0.359 e. The van der Waals surface area contributed by atoms with E-state index < -0.39 is 15.5 Å². The summed E-state index contributed by atoms with van der Waals surface area (Å²) in [5.74, 6) is -0.142. The van der Waals surface area contributed by atoms with Crippen molar-refractivity contribution in [3.63, 3.8) is 0 Å². The highest BCUT2D eigenvalue weighted by atomic mass is 16.6. The molecule has 0 aliphatic heterocycles. The van der Waals surface area contributed by atoms with Crippen LogP contribution in [0, 0.1) is 20.2 Å². The van der Waals surface area contributed by atoms with Crippen LogP contribution in [-0.4, -0.2) is 39.6 Å². The van der Waals surface area contributed by atoms with Crippen molar-refractivity contribution < 1.29 is 9.85 Å². The number of aromatic amines is 1. The standard InChI is InChI=1S/C9H6N8O4/c18-16(19)6-4-11-15(5-6)9-7(17(20)21)8(12-13-9)14-3-1-2-10-14/h1-5H,(H,12,13). The van der Waals surface area contributed by atoms with Gasteiger partial charge in [0.2, 0.25) is 5.82 Å². The first-order valence-corrected chi connectivity index (χ1v) is 5.50. The Morgan fingerprint density at radius 3 is 2.52 bits per heavy atom. The van der Waals surface area contributed by atoms with Gasteiger partial charge in [0.05, 0.1) is 9.85 Å². The average molecular weight is 290 g/mol. The van der Waals surface area contributed by atoms with Crippen LogP contribution in [0.3, 0.4) is 0 Å². The van der Waals surface area contributed by atoms with Gasteiger partial charge in [-0.05, 0) is 6.07 Å². The minimum Gasteiger partial charge on any atom is -0.258 e. The van der Waals surface area contributed by atoms with E-state index in [-0.39, 0.29) is 17.3 Å². The molecule has 0 aliphatic carbocycles. The molecule has 0 unspecified atom stereocenters. The second-order valence-corrected chi connectivity index (χ2v) is 3.85. The van der Waals surface area contributed by atoms with E-state index in [1.165, 1.54) is 17.1 Å². The van der Waals surface area contributed by atoms with Gasteiger partial charge in [0.1, 0.15) is 12.4 Å². The molecule has 0 saturated carbocycles. The molecule has 3 aromatic heterocycles. The Hall–Kier alpha value is -3.57. The van der Waals surface area contributed by atoms with E-state index in [1.54, 1.807) is 6.07 Å². The first-order chi connectivity index (χ1) is 10.1. The lowest BCUT2D eigenvalue weighted by atomic mass is 10.4. The van der Waals surface area contributed by atoms with Crippen LogP contribution in [0.5, 0.6) is 0 Å². The van der Waals surface area contributed by atoms with E-state index in [2.05, 4.69) is 20.4 Å². The summed E-state index contributed by atoms with van der Waals surface area (Å²) in [6, 6.07) is 1.58. The van der Waals surface area contributed by atoms with Gasteiger partial charge in [-0.15, -0.1) is 5.10 Å². The second kappa shape index (κ2) is 4.52. The summed E-state index contributed by atoms with van der Waals surface area (Å²) in [7, 11) is 0. The SMILES string of the molecule is O=[N+]([O-])c1cnn(-c2[nH]nc(-n3cccn3)c2[N+](=O)[O-])c1. The van der Waals surface area contributed by atoms with Crippen LogP contribution in [0.2, 0.25) is 0 Å². The average Bonchev–Trinajstić information content (AvgIpc) is 3.17. The molecule has 3 heterocycles. The maximum absolute atomic E-state index is 11.2. The Morgan fingerprint density at radius 1 is 1.14 bits per heavy atom. The highest BCUT2D eigenvalue weighted by Gasteiger charge is 2.28. The highest BCUT2D eigenvalue weighted by molar-refractivity contribution is 5.58. The number of rotatable bonds is 4. The predicted molar refractivity (Wildman–Crippen MR) is 66.1 cm³/mol. The van der Waals surface area contributed by atoms with E-state index in [4.69, 9.17) is 0 Å². The zero-order valence-corrected chi connectivity index (χ0v) is 10.2. The van der Waals surface area contributed by atoms with Gasteiger partial charge in [-0.25, -0.2) is 9.36 Å². The number of hydrogen-bond donors (Lipinski definition) is 1. The summed E-state index contributed by atoms with van der Waals surface area (Å²) in [6.07, 6.45) is 4.96. The van der Waals surface area contributed by atoms with E-state index in [0.717, 1.165) is 17.1 Å². The van der Waals surface area contributed by atoms with Crippen LogP contribution in [0.25, 0.3) is 11.6 Å². The van der Waals surface area contributed by atoms with Crippen molar-refractivity contribution in [3.05, 3.63) is 51.1 Å². The van der Waals surface area contributed by atoms with Gasteiger partial charge in [0.25, 0.3) is 5.82 Å². The molecule has 12 nitrogen and oxygen atoms in total. The topological polar surface area (TPSA) is 151 Å². The predicted octanol–water partition coefficient (Wildman–Crippen LogP) is 0.597. The zero-order chi connectivity index (χ0) is 15.0. The molecular weight excluding hydrogens is 284 g/mol. The number of nitrogens with one attached hydrogen (secondary N) is 1. The van der Waals surface area contributed by atoms with Crippen molar-refractivity contribution in [2.24, 2.45) is 0 Å². The van der Waals surface area contributed by atoms with Crippen LogP contribution < -0.4 is 0 Å². The Kier molecular flexibility index (Phi) is 2.68. The van der Waals surface area contributed by atoms with Gasteiger partial charge in [-0.2, -0.15) is 10.2 Å². The second-order valence-electron chi connectivity index (χ2n) is 3.85. The molecule has 0 aromatic carbocycles. The molecule has 0 saturated heterocycles. The Bertz CT molecular complexity index is 817. The molecule has 0 radical (unpaired) electrons. The van der Waals surface area contributed by atoms with Crippen LogP contribution in [0.15, 0.2) is 30.9 Å². The molecule has 0 spiro atoms. The molecular formula is C9H6N8O4. The Balaban J connectivity index is 2.14. The lowest BCUT2D eigenvalue weighted by Crippen LogP contribution is -2.02. The van der Waals surface area contributed by atoms with E-state index in [9.17, 15) is 20.2 Å². The first kappa shape index (κ1) is 12.5. The summed E-state index contributed by atoms with van der Waals surface area (Å²) in [5, 5.41) is 35.7. The molecule has 0 bridgehead atoms. The Labute approximate surface area is 114 Å². The van der Waals surface area contributed by atoms with Crippen LogP contribution in [-0.2, 0) is 0 Å². The lowest BCUT2D eigenvalue weighted by Gasteiger charge is -1.97. The van der Waals surface area contributed by atoms with Crippen molar-refractivity contribution in [1.82, 2.24) is 29.8 Å². The summed E-state index contributed by atoms with van der Waals surface area (Å²) in [5.41, 5.74) is -0.684. The summed E-state index contributed by atoms with van der Waals surface area (Å²) in [6.45, 7) is 0. The summed E-state index contributed by atoms with van der Waals surface area (Å²) in [4.78, 5) is 20.6. The largest absolute Gasteiger partial charge is 0.359 e. The zero-order valence-electron chi connectivity index (χ0n) is 10.2. The number of nitrogens with zero attached hydrogens (tertiary/aromatic N) is 7. The minimum absolute atomic E-state index is 0.0434. The van der Waals surface area contributed by atoms with E-state index in [0.29, 0.717) is 0 Å². The number of aromatic nitrogens is 6. The van der Waals surface area contributed by atoms with Crippen LogP contribution >= 0.6 is 0 Å². The fourth-order valence-electron chi connectivity index (χ4n) is 1.73. The molecule has 3 rings (SSSR count). The molecule has 12 heteroatoms. The minimum atomic E-state index is -0.663.